The molecule has 3 rings (SSSR count). The van der Waals surface area contributed by atoms with Crippen molar-refractivity contribution in [3.05, 3.63) is 60.2 Å². The number of carbonyl (C=O) groups excluding carboxylic acids is 1. The van der Waals surface area contributed by atoms with Crippen LogP contribution in [-0.2, 0) is 10.2 Å². The Morgan fingerprint density at radius 3 is 2.50 bits per heavy atom. The van der Waals surface area contributed by atoms with Crippen LogP contribution in [0.4, 0.5) is 10.1 Å². The lowest BCUT2D eigenvalue weighted by atomic mass is 9.87. The SMILES string of the molecule is CC1(C)CC1(C(=O)NCCNc1cccnc1)c1ccc(F)cc1. The van der Waals surface area contributed by atoms with Crippen molar-refractivity contribution in [1.82, 2.24) is 10.3 Å². The van der Waals surface area contributed by atoms with Crippen LogP contribution in [0, 0.1) is 11.2 Å². The van der Waals surface area contributed by atoms with Crippen molar-refractivity contribution in [2.75, 3.05) is 18.4 Å². The van der Waals surface area contributed by atoms with Crippen LogP contribution in [0.3, 0.4) is 0 Å². The molecule has 1 aromatic carbocycles. The second-order valence-electron chi connectivity index (χ2n) is 6.90. The summed E-state index contributed by atoms with van der Waals surface area (Å²) in [6.07, 6.45) is 4.23. The van der Waals surface area contributed by atoms with Gasteiger partial charge in [-0.05, 0) is 41.7 Å². The molecule has 1 heterocycles. The minimum Gasteiger partial charge on any atom is -0.382 e. The van der Waals surface area contributed by atoms with Crippen LogP contribution >= 0.6 is 0 Å². The minimum absolute atomic E-state index is 0.00657. The molecule has 0 bridgehead atoms. The highest BCUT2D eigenvalue weighted by Gasteiger charge is 2.66. The van der Waals surface area contributed by atoms with Gasteiger partial charge < -0.3 is 10.6 Å². The second kappa shape index (κ2) is 6.23. The van der Waals surface area contributed by atoms with Gasteiger partial charge in [0.05, 0.1) is 11.1 Å². The Hall–Kier alpha value is -2.43. The molecule has 5 heteroatoms. The summed E-state index contributed by atoms with van der Waals surface area (Å²) in [6, 6.07) is 10.1. The Balaban J connectivity index is 1.61. The highest BCUT2D eigenvalue weighted by atomic mass is 19.1. The van der Waals surface area contributed by atoms with Crippen LogP contribution in [0.15, 0.2) is 48.8 Å². The summed E-state index contributed by atoms with van der Waals surface area (Å²) in [7, 11) is 0. The number of nitrogens with one attached hydrogen (secondary N) is 2. The van der Waals surface area contributed by atoms with Crippen molar-refractivity contribution in [3.8, 4) is 0 Å². The predicted octanol–water partition coefficient (Wildman–Crippen LogP) is 3.12. The van der Waals surface area contributed by atoms with Crippen LogP contribution in [0.25, 0.3) is 0 Å². The number of amides is 1. The number of hydrogen-bond donors (Lipinski definition) is 2. The molecule has 2 aromatic rings. The number of nitrogens with zero attached hydrogens (tertiary/aromatic N) is 1. The molecule has 4 nitrogen and oxygen atoms in total. The van der Waals surface area contributed by atoms with Crippen molar-refractivity contribution in [1.29, 1.82) is 0 Å². The Kier molecular flexibility index (Phi) is 4.26. The molecular formula is C19H22FN3O. The molecule has 1 aliphatic carbocycles. The van der Waals surface area contributed by atoms with E-state index in [1.54, 1.807) is 24.5 Å². The zero-order valence-electron chi connectivity index (χ0n) is 14.0. The van der Waals surface area contributed by atoms with Gasteiger partial charge in [0.15, 0.2) is 0 Å². The Labute approximate surface area is 141 Å². The molecule has 1 aliphatic rings. The molecule has 0 aliphatic heterocycles. The van der Waals surface area contributed by atoms with Crippen molar-refractivity contribution < 1.29 is 9.18 Å². The highest BCUT2D eigenvalue weighted by molar-refractivity contribution is 5.93. The monoisotopic (exact) mass is 327 g/mol. The van der Waals surface area contributed by atoms with E-state index in [-0.39, 0.29) is 17.1 Å². The molecule has 0 spiro atoms. The van der Waals surface area contributed by atoms with E-state index in [4.69, 9.17) is 0 Å². The molecule has 1 aromatic heterocycles. The van der Waals surface area contributed by atoms with E-state index in [1.807, 2.05) is 12.1 Å². The second-order valence-corrected chi connectivity index (χ2v) is 6.90. The number of benzene rings is 1. The van der Waals surface area contributed by atoms with Gasteiger partial charge in [0.25, 0.3) is 0 Å². The van der Waals surface area contributed by atoms with Crippen molar-refractivity contribution in [3.63, 3.8) is 0 Å². The molecule has 126 valence electrons. The van der Waals surface area contributed by atoms with E-state index in [2.05, 4.69) is 29.5 Å². The van der Waals surface area contributed by atoms with Crippen molar-refractivity contribution in [2.24, 2.45) is 5.41 Å². The first kappa shape index (κ1) is 16.4. The Morgan fingerprint density at radius 2 is 1.92 bits per heavy atom. The number of aromatic nitrogens is 1. The van der Waals surface area contributed by atoms with Crippen LogP contribution < -0.4 is 10.6 Å². The van der Waals surface area contributed by atoms with Gasteiger partial charge in [-0.15, -0.1) is 0 Å². The lowest BCUT2D eigenvalue weighted by Crippen LogP contribution is -2.39. The largest absolute Gasteiger partial charge is 0.382 e. The topological polar surface area (TPSA) is 54.0 Å². The fourth-order valence-corrected chi connectivity index (χ4v) is 3.37. The van der Waals surface area contributed by atoms with Gasteiger partial charge in [0.2, 0.25) is 5.91 Å². The summed E-state index contributed by atoms with van der Waals surface area (Å²) in [4.78, 5) is 16.8. The first-order chi connectivity index (χ1) is 11.5. The first-order valence-corrected chi connectivity index (χ1v) is 8.14. The first-order valence-electron chi connectivity index (χ1n) is 8.14. The van der Waals surface area contributed by atoms with Gasteiger partial charge in [-0.25, -0.2) is 4.39 Å². The molecule has 1 fully saturated rings. The van der Waals surface area contributed by atoms with Gasteiger partial charge in [-0.1, -0.05) is 26.0 Å². The summed E-state index contributed by atoms with van der Waals surface area (Å²) in [5.41, 5.74) is 1.12. The standard InChI is InChI=1S/C19H22FN3O/c1-18(2)13-19(18,14-5-7-15(20)8-6-14)17(24)23-11-10-22-16-4-3-9-21-12-16/h3-9,12,22H,10-11,13H2,1-2H3,(H,23,24). The molecule has 0 saturated heterocycles. The molecular weight excluding hydrogens is 305 g/mol. The number of anilines is 1. The average molecular weight is 327 g/mol. The van der Waals surface area contributed by atoms with Crippen LogP contribution in [0.2, 0.25) is 0 Å². The maximum absolute atomic E-state index is 13.2. The number of carbonyl (C=O) groups is 1. The highest BCUT2D eigenvalue weighted by Crippen LogP contribution is 2.64. The summed E-state index contributed by atoms with van der Waals surface area (Å²) in [5.74, 6) is -0.277. The molecule has 2 N–H and O–H groups in total. The molecule has 1 unspecified atom stereocenters. The lowest BCUT2D eigenvalue weighted by molar-refractivity contribution is -0.124. The smallest absolute Gasteiger partial charge is 0.231 e. The van der Waals surface area contributed by atoms with Gasteiger partial charge in [-0.3, -0.25) is 9.78 Å². The van der Waals surface area contributed by atoms with Gasteiger partial charge in [0.1, 0.15) is 5.82 Å². The Bertz CT molecular complexity index is 715. The molecule has 1 atom stereocenters. The Morgan fingerprint density at radius 1 is 1.21 bits per heavy atom. The number of halogens is 1. The number of hydrogen-bond acceptors (Lipinski definition) is 3. The van der Waals surface area contributed by atoms with Crippen molar-refractivity contribution >= 4 is 11.6 Å². The summed E-state index contributed by atoms with van der Waals surface area (Å²) in [5, 5.41) is 6.22. The van der Waals surface area contributed by atoms with E-state index in [0.717, 1.165) is 17.7 Å². The van der Waals surface area contributed by atoms with Gasteiger partial charge in [0, 0.05) is 25.5 Å². The zero-order valence-corrected chi connectivity index (χ0v) is 14.0. The lowest BCUT2D eigenvalue weighted by Gasteiger charge is -2.21. The third-order valence-corrected chi connectivity index (χ3v) is 4.86. The molecule has 24 heavy (non-hydrogen) atoms. The summed E-state index contributed by atoms with van der Waals surface area (Å²) in [6.45, 7) is 5.29. The van der Waals surface area contributed by atoms with E-state index in [0.29, 0.717) is 13.1 Å². The quantitative estimate of drug-likeness (QED) is 0.802. The number of pyridine rings is 1. The van der Waals surface area contributed by atoms with E-state index in [1.165, 1.54) is 12.1 Å². The molecule has 1 saturated carbocycles. The maximum Gasteiger partial charge on any atom is 0.231 e. The zero-order chi connectivity index (χ0) is 17.2. The van der Waals surface area contributed by atoms with Gasteiger partial charge >= 0.3 is 0 Å². The fourth-order valence-electron chi connectivity index (χ4n) is 3.37. The molecule has 1 amide bonds. The van der Waals surface area contributed by atoms with Gasteiger partial charge in [-0.2, -0.15) is 0 Å². The van der Waals surface area contributed by atoms with Crippen LogP contribution in [0.5, 0.6) is 0 Å². The summed E-state index contributed by atoms with van der Waals surface area (Å²) >= 11 is 0. The van der Waals surface area contributed by atoms with Crippen LogP contribution in [0.1, 0.15) is 25.8 Å². The average Bonchev–Trinajstić information content (AvgIpc) is 3.17. The third kappa shape index (κ3) is 2.98. The van der Waals surface area contributed by atoms with Crippen molar-refractivity contribution in [2.45, 2.75) is 25.7 Å². The third-order valence-electron chi connectivity index (χ3n) is 4.86. The number of rotatable bonds is 6. The van der Waals surface area contributed by atoms with E-state index < -0.39 is 5.41 Å². The fraction of sp³-hybridized carbons (Fsp3) is 0.368. The normalized spacial score (nSPS) is 21.1. The minimum atomic E-state index is -0.561. The van der Waals surface area contributed by atoms with E-state index in [9.17, 15) is 9.18 Å². The molecule has 0 radical (unpaired) electrons. The maximum atomic E-state index is 13.2. The predicted molar refractivity (Wildman–Crippen MR) is 92.2 cm³/mol. The van der Waals surface area contributed by atoms with E-state index >= 15 is 0 Å². The summed E-state index contributed by atoms with van der Waals surface area (Å²) < 4.78 is 13.2. The van der Waals surface area contributed by atoms with Crippen LogP contribution in [-0.4, -0.2) is 24.0 Å².